The Labute approximate surface area is 175 Å². The molecule has 0 spiro atoms. The molecule has 2 rings (SSSR count). The number of sulfonamides is 1. The van der Waals surface area contributed by atoms with Gasteiger partial charge in [0, 0.05) is 38.4 Å². The van der Waals surface area contributed by atoms with Gasteiger partial charge in [0.25, 0.3) is 5.69 Å². The van der Waals surface area contributed by atoms with E-state index in [0.29, 0.717) is 5.56 Å². The van der Waals surface area contributed by atoms with Crippen LogP contribution in [-0.2, 0) is 26.0 Å². The Morgan fingerprint density at radius 3 is 2.27 bits per heavy atom. The summed E-state index contributed by atoms with van der Waals surface area (Å²) in [5.41, 5.74) is 0.844. The second-order valence-corrected chi connectivity index (χ2v) is 9.11. The Morgan fingerprint density at radius 1 is 1.20 bits per heavy atom. The monoisotopic (exact) mass is 436 g/mol. The van der Waals surface area contributed by atoms with Gasteiger partial charge in [-0.2, -0.15) is 0 Å². The molecule has 2 aromatic rings. The first-order valence-corrected chi connectivity index (χ1v) is 10.4. The predicted octanol–water partition coefficient (Wildman–Crippen LogP) is 2.40. The Morgan fingerprint density at radius 2 is 1.80 bits per heavy atom. The van der Waals surface area contributed by atoms with E-state index in [2.05, 4.69) is 0 Å². The standard InChI is InChI=1S/C20H24N2O7S/c1-13(23)17(11-14-5-8-16(9-6-14)30(27,28)21(2)3)18-12-15(20(24)29-4)7-10-19(18)22(25)26/h5-10,12,17,20,24H,11H2,1-4H3. The van der Waals surface area contributed by atoms with E-state index in [1.165, 1.54) is 58.5 Å². The number of nitro benzene ring substituents is 1. The van der Waals surface area contributed by atoms with Crippen LogP contribution >= 0.6 is 0 Å². The molecule has 9 nitrogen and oxygen atoms in total. The minimum absolute atomic E-state index is 0.104. The quantitative estimate of drug-likeness (QED) is 0.363. The van der Waals surface area contributed by atoms with Crippen molar-refractivity contribution >= 4 is 21.5 Å². The number of hydrogen-bond acceptors (Lipinski definition) is 7. The highest BCUT2D eigenvalue weighted by atomic mass is 32.2. The van der Waals surface area contributed by atoms with E-state index in [9.17, 15) is 28.4 Å². The van der Waals surface area contributed by atoms with Gasteiger partial charge in [0.15, 0.2) is 6.29 Å². The lowest BCUT2D eigenvalue weighted by Gasteiger charge is -2.18. The van der Waals surface area contributed by atoms with Gasteiger partial charge < -0.3 is 9.84 Å². The normalized spacial score (nSPS) is 13.8. The van der Waals surface area contributed by atoms with Crippen LogP contribution in [0.25, 0.3) is 0 Å². The number of rotatable bonds is 9. The first-order valence-electron chi connectivity index (χ1n) is 9.00. The van der Waals surface area contributed by atoms with E-state index >= 15 is 0 Å². The van der Waals surface area contributed by atoms with Gasteiger partial charge >= 0.3 is 0 Å². The van der Waals surface area contributed by atoms with Crippen LogP contribution in [0.4, 0.5) is 5.69 Å². The van der Waals surface area contributed by atoms with Crippen LogP contribution in [0.15, 0.2) is 47.4 Å². The van der Waals surface area contributed by atoms with Gasteiger partial charge in [0.05, 0.1) is 15.7 Å². The van der Waals surface area contributed by atoms with Crippen molar-refractivity contribution < 1.29 is 28.0 Å². The lowest BCUT2D eigenvalue weighted by molar-refractivity contribution is -0.385. The first-order chi connectivity index (χ1) is 14.0. The molecular formula is C20H24N2O7S. The zero-order valence-electron chi connectivity index (χ0n) is 17.1. The molecule has 2 aromatic carbocycles. The molecule has 0 aliphatic heterocycles. The number of ether oxygens (including phenoxy) is 1. The summed E-state index contributed by atoms with van der Waals surface area (Å²) < 4.78 is 30.4. The van der Waals surface area contributed by atoms with E-state index < -0.39 is 27.2 Å². The molecule has 0 aliphatic rings. The SMILES string of the molecule is COC(O)c1ccc([N+](=O)[O-])c(C(Cc2ccc(S(=O)(=O)N(C)C)cc2)C(C)=O)c1. The van der Waals surface area contributed by atoms with Gasteiger partial charge in [-0.05, 0) is 43.2 Å². The number of benzene rings is 2. The fourth-order valence-corrected chi connectivity index (χ4v) is 3.93. The maximum Gasteiger partial charge on any atom is 0.273 e. The molecule has 1 N–H and O–H groups in total. The Hall–Kier alpha value is -2.66. The highest BCUT2D eigenvalue weighted by Crippen LogP contribution is 2.33. The molecular weight excluding hydrogens is 412 g/mol. The summed E-state index contributed by atoms with van der Waals surface area (Å²) in [7, 11) is 0.550. The molecule has 0 aromatic heterocycles. The molecule has 0 bridgehead atoms. The molecule has 0 heterocycles. The largest absolute Gasteiger partial charge is 0.364 e. The Bertz CT molecular complexity index is 1030. The molecule has 2 unspecified atom stereocenters. The summed E-state index contributed by atoms with van der Waals surface area (Å²) in [6.07, 6.45) is -1.15. The second kappa shape index (κ2) is 9.43. The van der Waals surface area contributed by atoms with E-state index in [1.807, 2.05) is 0 Å². The minimum atomic E-state index is -3.59. The average molecular weight is 436 g/mol. The predicted molar refractivity (Wildman–Crippen MR) is 110 cm³/mol. The topological polar surface area (TPSA) is 127 Å². The van der Waals surface area contributed by atoms with Crippen molar-refractivity contribution in [3.63, 3.8) is 0 Å². The zero-order valence-corrected chi connectivity index (χ0v) is 17.9. The van der Waals surface area contributed by atoms with Crippen molar-refractivity contribution in [2.75, 3.05) is 21.2 Å². The highest BCUT2D eigenvalue weighted by molar-refractivity contribution is 7.89. The Kier molecular flexibility index (Phi) is 7.43. The van der Waals surface area contributed by atoms with Crippen molar-refractivity contribution in [2.24, 2.45) is 0 Å². The van der Waals surface area contributed by atoms with Crippen molar-refractivity contribution in [3.8, 4) is 0 Å². The molecule has 0 aliphatic carbocycles. The van der Waals surface area contributed by atoms with Gasteiger partial charge in [0.1, 0.15) is 5.78 Å². The molecule has 0 saturated heterocycles. The summed E-state index contributed by atoms with van der Waals surface area (Å²) in [6.45, 7) is 1.33. The third-order valence-corrected chi connectivity index (χ3v) is 6.59. The maximum atomic E-state index is 12.4. The highest BCUT2D eigenvalue weighted by Gasteiger charge is 2.27. The minimum Gasteiger partial charge on any atom is -0.364 e. The number of nitrogens with zero attached hydrogens (tertiary/aromatic N) is 2. The van der Waals surface area contributed by atoms with Crippen LogP contribution in [0.3, 0.4) is 0 Å². The molecule has 2 atom stereocenters. The van der Waals surface area contributed by atoms with Crippen molar-refractivity contribution in [1.82, 2.24) is 4.31 Å². The number of aliphatic hydroxyl groups is 1. The number of carbonyl (C=O) groups excluding carboxylic acids is 1. The van der Waals surface area contributed by atoms with E-state index in [0.717, 1.165) is 4.31 Å². The average Bonchev–Trinajstić information content (AvgIpc) is 2.70. The van der Waals surface area contributed by atoms with Crippen molar-refractivity contribution in [1.29, 1.82) is 0 Å². The second-order valence-electron chi connectivity index (χ2n) is 6.96. The smallest absolute Gasteiger partial charge is 0.273 e. The number of carbonyl (C=O) groups is 1. The van der Waals surface area contributed by atoms with Crippen LogP contribution in [0.1, 0.15) is 35.8 Å². The summed E-state index contributed by atoms with van der Waals surface area (Å²) in [5, 5.41) is 21.4. The summed E-state index contributed by atoms with van der Waals surface area (Å²) in [5.74, 6) is -1.15. The zero-order chi connectivity index (χ0) is 22.6. The van der Waals surface area contributed by atoms with Gasteiger partial charge in [-0.1, -0.05) is 12.1 Å². The molecule has 162 valence electrons. The molecule has 30 heavy (non-hydrogen) atoms. The molecule has 0 amide bonds. The fourth-order valence-electron chi connectivity index (χ4n) is 3.02. The number of ketones is 1. The number of nitro groups is 1. The lowest BCUT2D eigenvalue weighted by atomic mass is 9.87. The van der Waals surface area contributed by atoms with Crippen LogP contribution in [0, 0.1) is 10.1 Å². The van der Waals surface area contributed by atoms with Crippen LogP contribution in [-0.4, -0.2) is 49.7 Å². The molecule has 0 radical (unpaired) electrons. The molecule has 0 fully saturated rings. The fraction of sp³-hybridized carbons (Fsp3) is 0.350. The van der Waals surface area contributed by atoms with Gasteiger partial charge in [0.2, 0.25) is 10.0 Å². The first kappa shape index (κ1) is 23.6. The third-order valence-electron chi connectivity index (χ3n) is 4.76. The number of methoxy groups -OCH3 is 1. The van der Waals surface area contributed by atoms with Gasteiger partial charge in [-0.15, -0.1) is 0 Å². The van der Waals surface area contributed by atoms with Gasteiger partial charge in [-0.3, -0.25) is 14.9 Å². The molecule has 0 saturated carbocycles. The number of aliphatic hydroxyl groups excluding tert-OH is 1. The summed E-state index contributed by atoms with van der Waals surface area (Å²) in [4.78, 5) is 23.4. The van der Waals surface area contributed by atoms with Crippen LogP contribution in [0.2, 0.25) is 0 Å². The van der Waals surface area contributed by atoms with Gasteiger partial charge in [-0.25, -0.2) is 12.7 Å². The third kappa shape index (κ3) is 5.08. The van der Waals surface area contributed by atoms with Crippen LogP contribution in [0.5, 0.6) is 0 Å². The van der Waals surface area contributed by atoms with Crippen molar-refractivity contribution in [3.05, 3.63) is 69.3 Å². The summed E-state index contributed by atoms with van der Waals surface area (Å²) >= 11 is 0. The van der Waals surface area contributed by atoms with E-state index in [4.69, 9.17) is 4.74 Å². The number of hydrogen-bond donors (Lipinski definition) is 1. The molecule has 10 heteroatoms. The number of Topliss-reactive ketones (excluding diaryl/α,β-unsaturated/α-hetero) is 1. The lowest BCUT2D eigenvalue weighted by Crippen LogP contribution is -2.22. The maximum absolute atomic E-state index is 12.4. The van der Waals surface area contributed by atoms with Crippen molar-refractivity contribution in [2.45, 2.75) is 30.4 Å². The summed E-state index contributed by atoms with van der Waals surface area (Å²) in [6, 6.07) is 10.0. The van der Waals surface area contributed by atoms with E-state index in [1.54, 1.807) is 12.1 Å². The van der Waals surface area contributed by atoms with E-state index in [-0.39, 0.29) is 33.9 Å². The van der Waals surface area contributed by atoms with Crippen LogP contribution < -0.4 is 0 Å². The Balaban J connectivity index is 2.46.